The summed E-state index contributed by atoms with van der Waals surface area (Å²) in [7, 11) is 0. The molecule has 1 saturated heterocycles. The quantitative estimate of drug-likeness (QED) is 0.757. The molecule has 2 N–H and O–H groups in total. The van der Waals surface area contributed by atoms with Crippen molar-refractivity contribution in [2.45, 2.75) is 18.8 Å². The average molecular weight is 339 g/mol. The van der Waals surface area contributed by atoms with Crippen LogP contribution in [0, 0.1) is 0 Å². The number of aromatic nitrogens is 4. The normalized spacial score (nSPS) is 15.2. The Labute approximate surface area is 143 Å². The standard InChI is InChI=1S/C17H17N5O3/c23-17(14-9-15(25-22-14)12-1-5-18-6-2-12)19-16-10-13(20-21-16)11-3-7-24-8-4-11/h1-2,5-6,9-11H,3-4,7-8H2,(H2,19,20,21,23). The van der Waals surface area contributed by atoms with E-state index < -0.39 is 0 Å². The molecule has 3 aromatic heterocycles. The maximum Gasteiger partial charge on any atom is 0.279 e. The summed E-state index contributed by atoms with van der Waals surface area (Å²) in [5.74, 6) is 1.00. The fourth-order valence-corrected chi connectivity index (χ4v) is 2.83. The Bertz CT molecular complexity index is 852. The zero-order chi connectivity index (χ0) is 17.1. The predicted molar refractivity (Wildman–Crippen MR) is 89.1 cm³/mol. The molecule has 1 amide bonds. The first-order valence-corrected chi connectivity index (χ1v) is 8.11. The van der Waals surface area contributed by atoms with E-state index in [1.54, 1.807) is 30.6 Å². The third kappa shape index (κ3) is 3.43. The van der Waals surface area contributed by atoms with Gasteiger partial charge in [-0.3, -0.25) is 14.9 Å². The number of rotatable bonds is 4. The summed E-state index contributed by atoms with van der Waals surface area (Å²) in [4.78, 5) is 16.3. The minimum absolute atomic E-state index is 0.197. The van der Waals surface area contributed by atoms with Crippen LogP contribution in [-0.4, -0.2) is 39.5 Å². The average Bonchev–Trinajstić information content (AvgIpc) is 3.33. The number of ether oxygens (including phenoxy) is 1. The molecule has 128 valence electrons. The molecule has 0 bridgehead atoms. The summed E-state index contributed by atoms with van der Waals surface area (Å²) in [5, 5.41) is 13.7. The molecular formula is C17H17N5O3. The van der Waals surface area contributed by atoms with Crippen molar-refractivity contribution in [2.24, 2.45) is 0 Å². The summed E-state index contributed by atoms with van der Waals surface area (Å²) in [6, 6.07) is 7.03. The second-order valence-electron chi connectivity index (χ2n) is 5.86. The molecule has 0 unspecified atom stereocenters. The highest BCUT2D eigenvalue weighted by molar-refractivity contribution is 6.02. The van der Waals surface area contributed by atoms with Crippen molar-refractivity contribution in [1.29, 1.82) is 0 Å². The molecule has 0 aromatic carbocycles. The Morgan fingerprint density at radius 1 is 1.20 bits per heavy atom. The summed E-state index contributed by atoms with van der Waals surface area (Å²) < 4.78 is 10.6. The highest BCUT2D eigenvalue weighted by Gasteiger charge is 2.20. The van der Waals surface area contributed by atoms with Crippen LogP contribution in [0.1, 0.15) is 34.9 Å². The first-order valence-electron chi connectivity index (χ1n) is 8.11. The van der Waals surface area contributed by atoms with Gasteiger partial charge in [-0.1, -0.05) is 5.16 Å². The van der Waals surface area contributed by atoms with Gasteiger partial charge in [0.1, 0.15) is 0 Å². The van der Waals surface area contributed by atoms with E-state index in [-0.39, 0.29) is 11.6 Å². The predicted octanol–water partition coefficient (Wildman–Crippen LogP) is 2.61. The van der Waals surface area contributed by atoms with Crippen LogP contribution in [0.25, 0.3) is 11.3 Å². The maximum atomic E-state index is 12.3. The molecular weight excluding hydrogens is 322 g/mol. The summed E-state index contributed by atoms with van der Waals surface area (Å²) in [6.07, 6.45) is 5.21. The monoisotopic (exact) mass is 339 g/mol. The van der Waals surface area contributed by atoms with E-state index >= 15 is 0 Å². The van der Waals surface area contributed by atoms with Gasteiger partial charge in [-0.25, -0.2) is 0 Å². The fraction of sp³-hybridized carbons (Fsp3) is 0.294. The van der Waals surface area contributed by atoms with E-state index in [2.05, 4.69) is 25.7 Å². The van der Waals surface area contributed by atoms with Crippen molar-refractivity contribution >= 4 is 11.7 Å². The van der Waals surface area contributed by atoms with Gasteiger partial charge in [-0.2, -0.15) is 5.10 Å². The molecule has 0 radical (unpaired) electrons. The van der Waals surface area contributed by atoms with Crippen LogP contribution in [0.4, 0.5) is 5.82 Å². The molecule has 4 heterocycles. The Balaban J connectivity index is 1.44. The topological polar surface area (TPSA) is 106 Å². The summed E-state index contributed by atoms with van der Waals surface area (Å²) in [6.45, 7) is 1.50. The number of pyridine rings is 1. The lowest BCUT2D eigenvalue weighted by Crippen LogP contribution is -2.14. The minimum Gasteiger partial charge on any atom is -0.381 e. The van der Waals surface area contributed by atoms with Gasteiger partial charge in [0.25, 0.3) is 5.91 Å². The van der Waals surface area contributed by atoms with E-state index in [4.69, 9.17) is 9.26 Å². The van der Waals surface area contributed by atoms with Gasteiger partial charge in [0.15, 0.2) is 17.3 Å². The van der Waals surface area contributed by atoms with E-state index in [0.717, 1.165) is 37.3 Å². The lowest BCUT2D eigenvalue weighted by atomic mass is 9.97. The van der Waals surface area contributed by atoms with Crippen LogP contribution < -0.4 is 5.32 Å². The SMILES string of the molecule is O=C(Nc1cc(C2CCOCC2)[nH]n1)c1cc(-c2ccncc2)on1. The maximum absolute atomic E-state index is 12.3. The summed E-state index contributed by atoms with van der Waals surface area (Å²) in [5.41, 5.74) is 2.02. The first kappa shape index (κ1) is 15.5. The van der Waals surface area contributed by atoms with Gasteiger partial charge in [-0.05, 0) is 25.0 Å². The van der Waals surface area contributed by atoms with Crippen molar-refractivity contribution in [2.75, 3.05) is 18.5 Å². The molecule has 25 heavy (non-hydrogen) atoms. The van der Waals surface area contributed by atoms with Gasteiger partial charge in [-0.15, -0.1) is 0 Å². The number of carbonyl (C=O) groups excluding carboxylic acids is 1. The van der Waals surface area contributed by atoms with E-state index in [0.29, 0.717) is 17.5 Å². The van der Waals surface area contributed by atoms with Crippen LogP contribution in [0.2, 0.25) is 0 Å². The van der Waals surface area contributed by atoms with Gasteiger partial charge >= 0.3 is 0 Å². The highest BCUT2D eigenvalue weighted by atomic mass is 16.5. The molecule has 0 spiro atoms. The van der Waals surface area contributed by atoms with Crippen molar-refractivity contribution in [3.63, 3.8) is 0 Å². The fourth-order valence-electron chi connectivity index (χ4n) is 2.83. The first-order chi connectivity index (χ1) is 12.3. The number of hydrogen-bond acceptors (Lipinski definition) is 6. The number of aromatic amines is 1. The van der Waals surface area contributed by atoms with Gasteiger partial charge in [0, 0.05) is 54.9 Å². The number of hydrogen-bond donors (Lipinski definition) is 2. The number of anilines is 1. The lowest BCUT2D eigenvalue weighted by Gasteiger charge is -2.20. The molecule has 1 aliphatic rings. The van der Waals surface area contributed by atoms with Crippen molar-refractivity contribution in [3.05, 3.63) is 48.0 Å². The molecule has 3 aromatic rings. The number of carbonyl (C=O) groups is 1. The minimum atomic E-state index is -0.367. The Hall–Kier alpha value is -3.00. The third-order valence-electron chi connectivity index (χ3n) is 4.21. The van der Waals surface area contributed by atoms with Crippen molar-refractivity contribution in [1.82, 2.24) is 20.3 Å². The van der Waals surface area contributed by atoms with Crippen LogP contribution in [-0.2, 0) is 4.74 Å². The Morgan fingerprint density at radius 3 is 2.80 bits per heavy atom. The zero-order valence-electron chi connectivity index (χ0n) is 13.4. The number of nitrogens with one attached hydrogen (secondary N) is 2. The van der Waals surface area contributed by atoms with Crippen molar-refractivity contribution < 1.29 is 14.1 Å². The van der Waals surface area contributed by atoms with E-state index in [9.17, 15) is 4.79 Å². The Morgan fingerprint density at radius 2 is 2.00 bits per heavy atom. The molecule has 0 aliphatic carbocycles. The second kappa shape index (κ2) is 6.86. The van der Waals surface area contributed by atoms with Gasteiger partial charge in [0.05, 0.1) is 0 Å². The molecule has 1 fully saturated rings. The van der Waals surface area contributed by atoms with Crippen LogP contribution >= 0.6 is 0 Å². The Kier molecular flexibility index (Phi) is 4.26. The molecule has 0 atom stereocenters. The third-order valence-corrected chi connectivity index (χ3v) is 4.21. The van der Waals surface area contributed by atoms with E-state index in [1.807, 2.05) is 6.07 Å². The second-order valence-corrected chi connectivity index (χ2v) is 5.86. The smallest absolute Gasteiger partial charge is 0.279 e. The van der Waals surface area contributed by atoms with Crippen LogP contribution in [0.3, 0.4) is 0 Å². The lowest BCUT2D eigenvalue weighted by molar-refractivity contribution is 0.0845. The molecule has 1 aliphatic heterocycles. The van der Waals surface area contributed by atoms with E-state index in [1.165, 1.54) is 0 Å². The largest absolute Gasteiger partial charge is 0.381 e. The number of nitrogens with zero attached hydrogens (tertiary/aromatic N) is 3. The highest BCUT2D eigenvalue weighted by Crippen LogP contribution is 2.27. The number of amides is 1. The van der Waals surface area contributed by atoms with Crippen LogP contribution in [0.5, 0.6) is 0 Å². The van der Waals surface area contributed by atoms with Crippen LogP contribution in [0.15, 0.2) is 41.2 Å². The molecule has 8 nitrogen and oxygen atoms in total. The summed E-state index contributed by atoms with van der Waals surface area (Å²) >= 11 is 0. The molecule has 8 heteroatoms. The van der Waals surface area contributed by atoms with Crippen molar-refractivity contribution in [3.8, 4) is 11.3 Å². The van der Waals surface area contributed by atoms with Gasteiger partial charge in [0.2, 0.25) is 0 Å². The number of H-pyrrole nitrogens is 1. The molecule has 4 rings (SSSR count). The van der Waals surface area contributed by atoms with Gasteiger partial charge < -0.3 is 14.6 Å². The molecule has 0 saturated carbocycles. The zero-order valence-corrected chi connectivity index (χ0v) is 13.4.